The summed E-state index contributed by atoms with van der Waals surface area (Å²) in [6.45, 7) is 6.69. The molecule has 1 rings (SSSR count). The summed E-state index contributed by atoms with van der Waals surface area (Å²) >= 11 is 5.89. The number of ether oxygens (including phenoxy) is 1. The van der Waals surface area contributed by atoms with E-state index in [2.05, 4.69) is 19.2 Å². The van der Waals surface area contributed by atoms with Crippen LogP contribution in [0.1, 0.15) is 39.2 Å². The van der Waals surface area contributed by atoms with E-state index in [9.17, 15) is 4.79 Å². The number of nitrogens with one attached hydrogen (secondary N) is 1. The van der Waals surface area contributed by atoms with E-state index in [1.54, 1.807) is 0 Å². The summed E-state index contributed by atoms with van der Waals surface area (Å²) in [5.41, 5.74) is 1.66. The van der Waals surface area contributed by atoms with Crippen molar-refractivity contribution in [2.45, 2.75) is 39.5 Å². The fourth-order valence-corrected chi connectivity index (χ4v) is 1.94. The molecule has 0 aromatic heterocycles. The van der Waals surface area contributed by atoms with Crippen molar-refractivity contribution < 1.29 is 9.53 Å². The van der Waals surface area contributed by atoms with Crippen molar-refractivity contribution in [2.75, 3.05) is 11.9 Å². The molecule has 1 aromatic carbocycles. The van der Waals surface area contributed by atoms with Crippen molar-refractivity contribution in [2.24, 2.45) is 5.92 Å². The minimum atomic E-state index is 0.0408. The van der Waals surface area contributed by atoms with Crippen LogP contribution in [0.15, 0.2) is 18.2 Å². The van der Waals surface area contributed by atoms with Gasteiger partial charge in [0.25, 0.3) is 0 Å². The van der Waals surface area contributed by atoms with Gasteiger partial charge in [-0.05, 0) is 31.0 Å². The van der Waals surface area contributed by atoms with Gasteiger partial charge < -0.3 is 10.1 Å². The number of carbonyl (C=O) groups is 1. The number of hydrogen-bond acceptors (Lipinski definition) is 2. The second kappa shape index (κ2) is 8.05. The van der Waals surface area contributed by atoms with E-state index >= 15 is 0 Å². The molecule has 0 aliphatic carbocycles. The number of hydrogen-bond donors (Lipinski definition) is 1. The number of rotatable bonds is 7. The maximum atomic E-state index is 11.8. The molecule has 0 aliphatic heterocycles. The molecule has 4 heteroatoms. The first-order valence-corrected chi connectivity index (χ1v) is 7.25. The summed E-state index contributed by atoms with van der Waals surface area (Å²) < 4.78 is 5.47. The van der Waals surface area contributed by atoms with E-state index in [0.29, 0.717) is 24.8 Å². The quantitative estimate of drug-likeness (QED) is 0.762. The highest BCUT2D eigenvalue weighted by atomic mass is 35.5. The molecule has 19 heavy (non-hydrogen) atoms. The average molecular weight is 284 g/mol. The lowest BCUT2D eigenvalue weighted by Gasteiger charge is -2.12. The van der Waals surface area contributed by atoms with Gasteiger partial charge in [-0.15, -0.1) is 11.6 Å². The lowest BCUT2D eigenvalue weighted by molar-refractivity contribution is -0.117. The highest BCUT2D eigenvalue weighted by molar-refractivity contribution is 6.17. The van der Waals surface area contributed by atoms with Crippen LogP contribution >= 0.6 is 11.6 Å². The van der Waals surface area contributed by atoms with Crippen LogP contribution < -0.4 is 10.1 Å². The van der Waals surface area contributed by atoms with Gasteiger partial charge in [0.1, 0.15) is 5.75 Å². The molecule has 0 spiro atoms. The Morgan fingerprint density at radius 3 is 2.74 bits per heavy atom. The Morgan fingerprint density at radius 1 is 1.42 bits per heavy atom. The summed E-state index contributed by atoms with van der Waals surface area (Å²) in [6, 6.07) is 5.56. The fourth-order valence-electron chi connectivity index (χ4n) is 1.73. The third kappa shape index (κ3) is 5.11. The number of benzene rings is 1. The number of halogens is 1. The van der Waals surface area contributed by atoms with Gasteiger partial charge in [-0.1, -0.05) is 20.3 Å². The van der Waals surface area contributed by atoms with Crippen LogP contribution in [-0.2, 0) is 10.7 Å². The van der Waals surface area contributed by atoms with Crippen molar-refractivity contribution >= 4 is 23.2 Å². The van der Waals surface area contributed by atoms with Gasteiger partial charge in [-0.25, -0.2) is 0 Å². The molecule has 1 amide bonds. The maximum Gasteiger partial charge on any atom is 0.224 e. The average Bonchev–Trinajstić information content (AvgIpc) is 2.40. The molecule has 0 saturated carbocycles. The minimum Gasteiger partial charge on any atom is -0.494 e. The van der Waals surface area contributed by atoms with E-state index in [4.69, 9.17) is 16.3 Å². The largest absolute Gasteiger partial charge is 0.494 e. The van der Waals surface area contributed by atoms with Crippen molar-refractivity contribution in [3.05, 3.63) is 23.8 Å². The third-order valence-corrected chi connectivity index (χ3v) is 3.31. The maximum absolute atomic E-state index is 11.8. The Kier molecular flexibility index (Phi) is 6.71. The van der Waals surface area contributed by atoms with Crippen LogP contribution in [0.5, 0.6) is 5.75 Å². The molecule has 0 fully saturated rings. The zero-order valence-corrected chi connectivity index (χ0v) is 12.6. The normalized spacial score (nSPS) is 12.0. The number of carbonyl (C=O) groups excluding carboxylic acids is 1. The summed E-state index contributed by atoms with van der Waals surface area (Å²) in [5.74, 6) is 1.58. The molecule has 0 heterocycles. The first-order valence-electron chi connectivity index (χ1n) is 6.72. The summed E-state index contributed by atoms with van der Waals surface area (Å²) in [5, 5.41) is 2.90. The monoisotopic (exact) mass is 283 g/mol. The molecule has 106 valence electrons. The Morgan fingerprint density at radius 2 is 2.16 bits per heavy atom. The Balaban J connectivity index is 2.71. The van der Waals surface area contributed by atoms with E-state index in [-0.39, 0.29) is 5.91 Å². The van der Waals surface area contributed by atoms with E-state index in [1.165, 1.54) is 0 Å². The number of anilines is 1. The third-order valence-electron chi connectivity index (χ3n) is 3.02. The molecule has 0 bridgehead atoms. The van der Waals surface area contributed by atoms with Gasteiger partial charge in [-0.2, -0.15) is 0 Å². The van der Waals surface area contributed by atoms with E-state index in [0.717, 1.165) is 23.4 Å². The van der Waals surface area contributed by atoms with Crippen molar-refractivity contribution in [1.82, 2.24) is 0 Å². The molecule has 1 atom stereocenters. The second-order valence-electron chi connectivity index (χ2n) is 4.65. The van der Waals surface area contributed by atoms with Crippen LogP contribution in [0.2, 0.25) is 0 Å². The van der Waals surface area contributed by atoms with Crippen LogP contribution in [0, 0.1) is 5.92 Å². The SMILES string of the molecule is CCOc1ccc(NC(=O)CC(C)CC)cc1CCl. The van der Waals surface area contributed by atoms with Gasteiger partial charge in [0.05, 0.1) is 12.5 Å². The Labute approximate surface area is 120 Å². The van der Waals surface area contributed by atoms with Gasteiger partial charge >= 0.3 is 0 Å². The van der Waals surface area contributed by atoms with Gasteiger partial charge in [0.15, 0.2) is 0 Å². The second-order valence-corrected chi connectivity index (χ2v) is 4.92. The topological polar surface area (TPSA) is 38.3 Å². The molecule has 0 radical (unpaired) electrons. The molecule has 3 nitrogen and oxygen atoms in total. The Bertz CT molecular complexity index is 421. The predicted molar refractivity (Wildman–Crippen MR) is 79.9 cm³/mol. The summed E-state index contributed by atoms with van der Waals surface area (Å²) in [6.07, 6.45) is 1.55. The molecular weight excluding hydrogens is 262 g/mol. The molecule has 0 saturated heterocycles. The van der Waals surface area contributed by atoms with Gasteiger partial charge in [-0.3, -0.25) is 4.79 Å². The smallest absolute Gasteiger partial charge is 0.224 e. The minimum absolute atomic E-state index is 0.0408. The van der Waals surface area contributed by atoms with Crippen LogP contribution in [0.3, 0.4) is 0 Å². The highest BCUT2D eigenvalue weighted by Gasteiger charge is 2.09. The fraction of sp³-hybridized carbons (Fsp3) is 0.533. The van der Waals surface area contributed by atoms with Crippen LogP contribution in [0.4, 0.5) is 5.69 Å². The Hall–Kier alpha value is -1.22. The predicted octanol–water partition coefficient (Wildman–Crippen LogP) is 4.20. The van der Waals surface area contributed by atoms with Crippen molar-refractivity contribution in [3.8, 4) is 5.75 Å². The lowest BCUT2D eigenvalue weighted by Crippen LogP contribution is -2.15. The first kappa shape index (κ1) is 15.8. The number of alkyl halides is 1. The lowest BCUT2D eigenvalue weighted by atomic mass is 10.0. The zero-order chi connectivity index (χ0) is 14.3. The zero-order valence-electron chi connectivity index (χ0n) is 11.8. The molecule has 1 unspecified atom stereocenters. The standard InChI is InChI=1S/C15H22ClNO2/c1-4-11(3)8-15(18)17-13-6-7-14(19-5-2)12(9-13)10-16/h6-7,9,11H,4-5,8,10H2,1-3H3,(H,17,18). The van der Waals surface area contributed by atoms with E-state index in [1.807, 2.05) is 25.1 Å². The summed E-state index contributed by atoms with van der Waals surface area (Å²) in [4.78, 5) is 11.8. The first-order chi connectivity index (χ1) is 9.10. The molecule has 1 N–H and O–H groups in total. The highest BCUT2D eigenvalue weighted by Crippen LogP contribution is 2.25. The van der Waals surface area contributed by atoms with Gasteiger partial charge in [0.2, 0.25) is 5.91 Å². The van der Waals surface area contributed by atoms with Crippen LogP contribution in [-0.4, -0.2) is 12.5 Å². The van der Waals surface area contributed by atoms with Crippen LogP contribution in [0.25, 0.3) is 0 Å². The van der Waals surface area contributed by atoms with E-state index < -0.39 is 0 Å². The van der Waals surface area contributed by atoms with Gasteiger partial charge in [0, 0.05) is 17.7 Å². The van der Waals surface area contributed by atoms with Crippen molar-refractivity contribution in [1.29, 1.82) is 0 Å². The number of amides is 1. The van der Waals surface area contributed by atoms with Crippen molar-refractivity contribution in [3.63, 3.8) is 0 Å². The molecular formula is C15H22ClNO2. The molecule has 0 aliphatic rings. The molecule has 1 aromatic rings. The summed E-state index contributed by atoms with van der Waals surface area (Å²) in [7, 11) is 0.